The zero-order valence-corrected chi connectivity index (χ0v) is 18.4. The molecule has 4 rings (SSSR count). The first-order valence-electron chi connectivity index (χ1n) is 10.8. The Hall–Kier alpha value is -3.73. The number of hydrogen-bond acceptors (Lipinski definition) is 3. The number of fused-ring (bicyclic) bond motifs is 1. The van der Waals surface area contributed by atoms with Crippen molar-refractivity contribution in [2.75, 3.05) is 20.8 Å². The minimum atomic E-state index is 0.0206. The Kier molecular flexibility index (Phi) is 6.75. The lowest BCUT2D eigenvalue weighted by molar-refractivity contribution is -0.121. The van der Waals surface area contributed by atoms with Crippen molar-refractivity contribution in [3.63, 3.8) is 0 Å². The number of hydrogen-bond donors (Lipinski definition) is 2. The number of carbonyl (C=O) groups is 1. The first kappa shape index (κ1) is 21.5. The second-order valence-electron chi connectivity index (χ2n) is 7.73. The number of aromatic amines is 1. The highest BCUT2D eigenvalue weighted by Crippen LogP contribution is 2.31. The van der Waals surface area contributed by atoms with E-state index < -0.39 is 0 Å². The summed E-state index contributed by atoms with van der Waals surface area (Å²) >= 11 is 0. The van der Waals surface area contributed by atoms with E-state index in [1.54, 1.807) is 14.2 Å². The summed E-state index contributed by atoms with van der Waals surface area (Å²) in [7, 11) is 3.31. The lowest BCUT2D eigenvalue weighted by Gasteiger charge is -2.19. The minimum Gasteiger partial charge on any atom is -0.497 e. The largest absolute Gasteiger partial charge is 0.497 e. The molecule has 0 spiro atoms. The van der Waals surface area contributed by atoms with Gasteiger partial charge in [-0.2, -0.15) is 0 Å². The SMILES string of the molecule is COc1ccc(C(CNC(=O)CCc2ccccc2OC)c2c[nH]c3ccccc23)cc1. The smallest absolute Gasteiger partial charge is 0.220 e. The van der Waals surface area contributed by atoms with Gasteiger partial charge in [-0.15, -0.1) is 0 Å². The van der Waals surface area contributed by atoms with Crippen molar-refractivity contribution < 1.29 is 14.3 Å². The molecule has 0 saturated carbocycles. The highest BCUT2D eigenvalue weighted by atomic mass is 16.5. The van der Waals surface area contributed by atoms with Crippen LogP contribution < -0.4 is 14.8 Å². The zero-order valence-electron chi connectivity index (χ0n) is 18.4. The summed E-state index contributed by atoms with van der Waals surface area (Å²) in [6.07, 6.45) is 3.08. The first-order chi connectivity index (χ1) is 15.7. The third kappa shape index (κ3) is 4.78. The molecule has 4 aromatic rings. The van der Waals surface area contributed by atoms with Crippen LogP contribution in [0.5, 0.6) is 11.5 Å². The number of H-pyrrole nitrogens is 1. The van der Waals surface area contributed by atoms with Gasteiger partial charge in [-0.25, -0.2) is 0 Å². The lowest BCUT2D eigenvalue weighted by Crippen LogP contribution is -2.29. The summed E-state index contributed by atoms with van der Waals surface area (Å²) in [6.45, 7) is 0.513. The van der Waals surface area contributed by atoms with Crippen molar-refractivity contribution in [1.82, 2.24) is 10.3 Å². The molecule has 1 heterocycles. The summed E-state index contributed by atoms with van der Waals surface area (Å²) in [4.78, 5) is 16.1. The molecule has 0 aliphatic carbocycles. The Labute approximate surface area is 188 Å². The number of ether oxygens (including phenoxy) is 2. The van der Waals surface area contributed by atoms with Gasteiger partial charge in [-0.3, -0.25) is 4.79 Å². The molecule has 32 heavy (non-hydrogen) atoms. The lowest BCUT2D eigenvalue weighted by atomic mass is 9.90. The zero-order chi connectivity index (χ0) is 22.3. The van der Waals surface area contributed by atoms with E-state index in [2.05, 4.69) is 34.6 Å². The van der Waals surface area contributed by atoms with Crippen LogP contribution in [-0.2, 0) is 11.2 Å². The predicted molar refractivity (Wildman–Crippen MR) is 127 cm³/mol. The molecule has 3 aromatic carbocycles. The van der Waals surface area contributed by atoms with Crippen molar-refractivity contribution in [3.05, 3.63) is 95.7 Å². The summed E-state index contributed by atoms with van der Waals surface area (Å²) in [5.74, 6) is 1.67. The molecule has 164 valence electrons. The van der Waals surface area contributed by atoms with Crippen LogP contribution in [0.1, 0.15) is 29.0 Å². The fourth-order valence-corrected chi connectivity index (χ4v) is 4.09. The summed E-state index contributed by atoms with van der Waals surface area (Å²) in [6, 6.07) is 24.1. The highest BCUT2D eigenvalue weighted by Gasteiger charge is 2.19. The minimum absolute atomic E-state index is 0.0206. The van der Waals surface area contributed by atoms with E-state index in [1.807, 2.05) is 54.7 Å². The van der Waals surface area contributed by atoms with Crippen LogP contribution in [0, 0.1) is 0 Å². The van der Waals surface area contributed by atoms with Gasteiger partial charge in [-0.05, 0) is 47.4 Å². The fraction of sp³-hybridized carbons (Fsp3) is 0.222. The van der Waals surface area contributed by atoms with Gasteiger partial charge in [0.05, 0.1) is 14.2 Å². The highest BCUT2D eigenvalue weighted by molar-refractivity contribution is 5.84. The van der Waals surface area contributed by atoms with Crippen LogP contribution in [0.4, 0.5) is 0 Å². The number of para-hydroxylation sites is 2. The second-order valence-corrected chi connectivity index (χ2v) is 7.73. The number of benzene rings is 3. The molecule has 1 aromatic heterocycles. The molecule has 0 bridgehead atoms. The Morgan fingerprint density at radius 3 is 2.47 bits per heavy atom. The molecule has 2 N–H and O–H groups in total. The maximum atomic E-state index is 12.7. The van der Waals surface area contributed by atoms with E-state index in [0.29, 0.717) is 19.4 Å². The number of aromatic nitrogens is 1. The number of methoxy groups -OCH3 is 2. The van der Waals surface area contributed by atoms with Crippen LogP contribution in [0.25, 0.3) is 10.9 Å². The van der Waals surface area contributed by atoms with E-state index in [9.17, 15) is 4.79 Å². The predicted octanol–water partition coefficient (Wildman–Crippen LogP) is 5.07. The topological polar surface area (TPSA) is 63.4 Å². The Morgan fingerprint density at radius 2 is 1.69 bits per heavy atom. The van der Waals surface area contributed by atoms with E-state index in [-0.39, 0.29) is 11.8 Å². The van der Waals surface area contributed by atoms with E-state index in [4.69, 9.17) is 9.47 Å². The van der Waals surface area contributed by atoms with Crippen molar-refractivity contribution in [3.8, 4) is 11.5 Å². The molecule has 0 aliphatic rings. The quantitative estimate of drug-likeness (QED) is 0.391. The molecule has 5 nitrogen and oxygen atoms in total. The molecule has 0 saturated heterocycles. The van der Waals surface area contributed by atoms with Crippen LogP contribution in [0.15, 0.2) is 79.0 Å². The maximum Gasteiger partial charge on any atom is 0.220 e. The van der Waals surface area contributed by atoms with Gasteiger partial charge in [0.15, 0.2) is 0 Å². The number of carbonyl (C=O) groups excluding carboxylic acids is 1. The van der Waals surface area contributed by atoms with Crippen LogP contribution in [0.3, 0.4) is 0 Å². The fourth-order valence-electron chi connectivity index (χ4n) is 4.09. The van der Waals surface area contributed by atoms with Gasteiger partial charge in [0.2, 0.25) is 5.91 Å². The third-order valence-corrected chi connectivity index (χ3v) is 5.83. The molecular formula is C27H28N2O3. The molecular weight excluding hydrogens is 400 g/mol. The average Bonchev–Trinajstić information content (AvgIpc) is 3.27. The molecule has 0 radical (unpaired) electrons. The monoisotopic (exact) mass is 428 g/mol. The third-order valence-electron chi connectivity index (χ3n) is 5.83. The normalized spacial score (nSPS) is 11.8. The van der Waals surface area contributed by atoms with Gasteiger partial charge in [0, 0.05) is 36.0 Å². The van der Waals surface area contributed by atoms with E-state index in [0.717, 1.165) is 39.1 Å². The molecule has 1 amide bonds. The number of amides is 1. The Morgan fingerprint density at radius 1 is 0.938 bits per heavy atom. The van der Waals surface area contributed by atoms with Gasteiger partial charge in [0.1, 0.15) is 11.5 Å². The van der Waals surface area contributed by atoms with Crippen molar-refractivity contribution >= 4 is 16.8 Å². The summed E-state index contributed by atoms with van der Waals surface area (Å²) < 4.78 is 10.7. The molecule has 1 atom stereocenters. The van der Waals surface area contributed by atoms with Crippen molar-refractivity contribution in [2.24, 2.45) is 0 Å². The Balaban J connectivity index is 1.51. The molecule has 0 aliphatic heterocycles. The number of aryl methyl sites for hydroxylation is 1. The van der Waals surface area contributed by atoms with Gasteiger partial charge < -0.3 is 19.8 Å². The first-order valence-corrected chi connectivity index (χ1v) is 10.8. The van der Waals surface area contributed by atoms with Crippen molar-refractivity contribution in [2.45, 2.75) is 18.8 Å². The van der Waals surface area contributed by atoms with Crippen LogP contribution in [-0.4, -0.2) is 31.7 Å². The number of rotatable bonds is 9. The average molecular weight is 429 g/mol. The van der Waals surface area contributed by atoms with E-state index in [1.165, 1.54) is 0 Å². The van der Waals surface area contributed by atoms with Gasteiger partial charge in [-0.1, -0.05) is 48.5 Å². The molecule has 1 unspecified atom stereocenters. The summed E-state index contributed by atoms with van der Waals surface area (Å²) in [5, 5.41) is 4.31. The van der Waals surface area contributed by atoms with Crippen LogP contribution >= 0.6 is 0 Å². The molecule has 0 fully saturated rings. The van der Waals surface area contributed by atoms with Crippen LogP contribution in [0.2, 0.25) is 0 Å². The maximum absolute atomic E-state index is 12.7. The Bertz CT molecular complexity index is 1180. The standard InChI is InChI=1S/C27H28N2O3/c1-31-21-14-11-19(12-15-21)23(24-18-28-25-9-5-4-8-22(24)25)17-29-27(30)16-13-20-7-3-6-10-26(20)32-2/h3-12,14-15,18,23,28H,13,16-17H2,1-2H3,(H,29,30). The van der Waals surface area contributed by atoms with Crippen molar-refractivity contribution in [1.29, 1.82) is 0 Å². The van der Waals surface area contributed by atoms with E-state index >= 15 is 0 Å². The molecule has 5 heteroatoms. The van der Waals surface area contributed by atoms with Gasteiger partial charge >= 0.3 is 0 Å². The summed E-state index contributed by atoms with van der Waals surface area (Å²) in [5.41, 5.74) is 4.41. The second kappa shape index (κ2) is 10.1. The number of nitrogens with one attached hydrogen (secondary N) is 2. The van der Waals surface area contributed by atoms with Gasteiger partial charge in [0.25, 0.3) is 0 Å².